The molecule has 0 unspecified atom stereocenters. The first-order valence-corrected chi connectivity index (χ1v) is 8.23. The first-order valence-electron chi connectivity index (χ1n) is 8.23. The van der Waals surface area contributed by atoms with Crippen molar-refractivity contribution >= 4 is 8.05 Å². The Labute approximate surface area is 117 Å². The largest absolute Gasteiger partial charge is 0.448 e. The Morgan fingerprint density at radius 2 is 0.889 bits per heavy atom. The van der Waals surface area contributed by atoms with Crippen LogP contribution in [0, 0.1) is 0 Å². The van der Waals surface area contributed by atoms with Crippen LogP contribution in [0.5, 0.6) is 0 Å². The van der Waals surface area contributed by atoms with Crippen molar-refractivity contribution in [2.75, 3.05) is 6.61 Å². The lowest BCUT2D eigenvalue weighted by Crippen LogP contribution is -1.89. The number of hydrogen-bond donors (Lipinski definition) is 0. The maximum absolute atomic E-state index is 4.98. The molecular weight excluding hydrogens is 219 g/mol. The van der Waals surface area contributed by atoms with E-state index in [0.29, 0.717) is 0 Å². The minimum Gasteiger partial charge on any atom is -0.448 e. The highest BCUT2D eigenvalue weighted by molar-refractivity contribution is 5.97. The molecule has 0 fully saturated rings. The SMILES string of the molecule is [B]OCCCCCCCCCCCCCCCC. The first-order chi connectivity index (χ1) is 8.91. The first kappa shape index (κ1) is 18.0. The summed E-state index contributed by atoms with van der Waals surface area (Å²) in [6.45, 7) is 3.00. The van der Waals surface area contributed by atoms with Crippen molar-refractivity contribution < 1.29 is 4.65 Å². The van der Waals surface area contributed by atoms with Crippen molar-refractivity contribution in [1.82, 2.24) is 0 Å². The minimum atomic E-state index is 0.720. The lowest BCUT2D eigenvalue weighted by molar-refractivity contribution is 0.332. The van der Waals surface area contributed by atoms with Gasteiger partial charge in [-0.05, 0) is 6.42 Å². The number of hydrogen-bond acceptors (Lipinski definition) is 1. The van der Waals surface area contributed by atoms with E-state index in [4.69, 9.17) is 8.05 Å². The highest BCUT2D eigenvalue weighted by atomic mass is 16.4. The monoisotopic (exact) mass is 252 g/mol. The smallest absolute Gasteiger partial charge is 0.282 e. The molecule has 0 atom stereocenters. The molecule has 0 aliphatic rings. The van der Waals surface area contributed by atoms with Crippen molar-refractivity contribution in [2.45, 2.75) is 96.8 Å². The number of rotatable bonds is 15. The maximum atomic E-state index is 4.98. The van der Waals surface area contributed by atoms with Crippen molar-refractivity contribution in [3.63, 3.8) is 0 Å². The highest BCUT2D eigenvalue weighted by Gasteiger charge is 1.93. The number of unbranched alkanes of at least 4 members (excludes halogenated alkanes) is 13. The lowest BCUT2D eigenvalue weighted by Gasteiger charge is -2.03. The van der Waals surface area contributed by atoms with Gasteiger partial charge in [-0.2, -0.15) is 0 Å². The van der Waals surface area contributed by atoms with Crippen molar-refractivity contribution in [1.29, 1.82) is 0 Å². The fourth-order valence-corrected chi connectivity index (χ4v) is 2.38. The van der Waals surface area contributed by atoms with E-state index in [1.165, 1.54) is 83.5 Å². The third-order valence-electron chi connectivity index (χ3n) is 3.62. The molecule has 0 bridgehead atoms. The molecule has 0 aliphatic heterocycles. The summed E-state index contributed by atoms with van der Waals surface area (Å²) in [7, 11) is 4.98. The average Bonchev–Trinajstić information content (AvgIpc) is 2.39. The van der Waals surface area contributed by atoms with Crippen molar-refractivity contribution in [2.24, 2.45) is 0 Å². The standard InChI is InChI=1S/C16H33BO/c1-2-3-4-5-6-7-8-9-10-11-12-13-14-15-16-18-17/h2-16H2,1H3. The van der Waals surface area contributed by atoms with Crippen LogP contribution < -0.4 is 0 Å². The van der Waals surface area contributed by atoms with Gasteiger partial charge in [-0.25, -0.2) is 0 Å². The molecule has 0 spiro atoms. The van der Waals surface area contributed by atoms with E-state index in [1.54, 1.807) is 0 Å². The maximum Gasteiger partial charge on any atom is 0.282 e. The van der Waals surface area contributed by atoms with E-state index in [1.807, 2.05) is 0 Å². The van der Waals surface area contributed by atoms with Crippen LogP contribution in [0.15, 0.2) is 0 Å². The summed E-state index contributed by atoms with van der Waals surface area (Å²) in [6.07, 6.45) is 19.5. The van der Waals surface area contributed by atoms with Gasteiger partial charge in [0.25, 0.3) is 8.05 Å². The van der Waals surface area contributed by atoms with E-state index < -0.39 is 0 Å². The van der Waals surface area contributed by atoms with Crippen LogP contribution in [0.1, 0.15) is 96.8 Å². The molecular formula is C16H33BO. The molecule has 0 saturated heterocycles. The zero-order chi connectivity index (χ0) is 13.3. The Morgan fingerprint density at radius 3 is 1.22 bits per heavy atom. The molecule has 0 amide bonds. The molecule has 0 aromatic heterocycles. The Hall–Kier alpha value is 0.0249. The van der Waals surface area contributed by atoms with Crippen LogP contribution in [0.2, 0.25) is 0 Å². The fraction of sp³-hybridized carbons (Fsp3) is 1.00. The van der Waals surface area contributed by atoms with Gasteiger partial charge in [0.1, 0.15) is 0 Å². The van der Waals surface area contributed by atoms with Gasteiger partial charge >= 0.3 is 0 Å². The van der Waals surface area contributed by atoms with E-state index in [-0.39, 0.29) is 0 Å². The predicted molar refractivity (Wildman–Crippen MR) is 82.0 cm³/mol. The second kappa shape index (κ2) is 17.0. The van der Waals surface area contributed by atoms with Gasteiger partial charge in [0, 0.05) is 6.61 Å². The summed E-state index contributed by atoms with van der Waals surface area (Å²) in [4.78, 5) is 0. The Kier molecular flexibility index (Phi) is 17.0. The minimum absolute atomic E-state index is 0.720. The molecule has 106 valence electrons. The Morgan fingerprint density at radius 1 is 0.556 bits per heavy atom. The van der Waals surface area contributed by atoms with Crippen LogP contribution in [0.25, 0.3) is 0 Å². The average molecular weight is 252 g/mol. The fourth-order valence-electron chi connectivity index (χ4n) is 2.38. The van der Waals surface area contributed by atoms with Gasteiger partial charge in [0.15, 0.2) is 0 Å². The molecule has 0 aromatic rings. The quantitative estimate of drug-likeness (QED) is 0.273. The molecule has 0 heterocycles. The molecule has 1 nitrogen and oxygen atoms in total. The molecule has 0 N–H and O–H groups in total. The summed E-state index contributed by atoms with van der Waals surface area (Å²) in [5, 5.41) is 0. The predicted octanol–water partition coefficient (Wildman–Crippen LogP) is 5.57. The Balaban J connectivity index is 2.86. The van der Waals surface area contributed by atoms with Gasteiger partial charge < -0.3 is 4.65 Å². The van der Waals surface area contributed by atoms with Crippen LogP contribution in [-0.4, -0.2) is 14.7 Å². The van der Waals surface area contributed by atoms with Crippen LogP contribution >= 0.6 is 0 Å². The molecule has 0 aromatic carbocycles. The van der Waals surface area contributed by atoms with Gasteiger partial charge in [0.2, 0.25) is 0 Å². The topological polar surface area (TPSA) is 9.23 Å². The zero-order valence-electron chi connectivity index (χ0n) is 12.6. The normalized spacial score (nSPS) is 10.9. The third kappa shape index (κ3) is 16.0. The van der Waals surface area contributed by atoms with E-state index in [0.717, 1.165) is 13.0 Å². The van der Waals surface area contributed by atoms with Gasteiger partial charge in [-0.15, -0.1) is 0 Å². The summed E-state index contributed by atoms with van der Waals surface area (Å²) in [6, 6.07) is 0. The van der Waals surface area contributed by atoms with Gasteiger partial charge in [-0.1, -0.05) is 90.4 Å². The summed E-state index contributed by atoms with van der Waals surface area (Å²) >= 11 is 0. The van der Waals surface area contributed by atoms with Gasteiger partial charge in [-0.3, -0.25) is 0 Å². The Bertz CT molecular complexity index is 123. The van der Waals surface area contributed by atoms with E-state index in [9.17, 15) is 0 Å². The molecule has 0 rings (SSSR count). The molecule has 0 aliphatic carbocycles. The summed E-state index contributed by atoms with van der Waals surface area (Å²) < 4.78 is 4.55. The molecule has 2 heteroatoms. The van der Waals surface area contributed by atoms with Crippen LogP contribution in [0.3, 0.4) is 0 Å². The highest BCUT2D eigenvalue weighted by Crippen LogP contribution is 2.12. The van der Waals surface area contributed by atoms with Gasteiger partial charge in [0.05, 0.1) is 0 Å². The molecule has 18 heavy (non-hydrogen) atoms. The molecule has 2 radical (unpaired) electrons. The third-order valence-corrected chi connectivity index (χ3v) is 3.62. The zero-order valence-corrected chi connectivity index (χ0v) is 12.6. The van der Waals surface area contributed by atoms with Crippen molar-refractivity contribution in [3.05, 3.63) is 0 Å². The summed E-state index contributed by atoms with van der Waals surface area (Å²) in [5.74, 6) is 0. The second-order valence-electron chi connectivity index (χ2n) is 5.47. The van der Waals surface area contributed by atoms with E-state index >= 15 is 0 Å². The van der Waals surface area contributed by atoms with Crippen molar-refractivity contribution in [3.8, 4) is 0 Å². The second-order valence-corrected chi connectivity index (χ2v) is 5.47. The van der Waals surface area contributed by atoms with Crippen LogP contribution in [-0.2, 0) is 4.65 Å². The van der Waals surface area contributed by atoms with E-state index in [2.05, 4.69) is 11.6 Å². The van der Waals surface area contributed by atoms with Crippen LogP contribution in [0.4, 0.5) is 0 Å². The molecule has 0 saturated carbocycles. The lowest BCUT2D eigenvalue weighted by atomic mass is 10.0. The summed E-state index contributed by atoms with van der Waals surface area (Å²) in [5.41, 5.74) is 0.